The molecule has 0 unspecified atom stereocenters. The second kappa shape index (κ2) is 5.47. The van der Waals surface area contributed by atoms with Crippen LogP contribution in [0.2, 0.25) is 0 Å². The highest BCUT2D eigenvalue weighted by molar-refractivity contribution is 5.15. The highest BCUT2D eigenvalue weighted by Crippen LogP contribution is 2.06. The van der Waals surface area contributed by atoms with Gasteiger partial charge in [-0.2, -0.15) is 0 Å². The normalized spacial score (nSPS) is 27.0. The van der Waals surface area contributed by atoms with E-state index < -0.39 is 32.8 Å². The first-order valence-electron chi connectivity index (χ1n) is 8.58. The van der Waals surface area contributed by atoms with E-state index in [1.54, 1.807) is 24.1 Å². The van der Waals surface area contributed by atoms with Crippen LogP contribution in [0.4, 0.5) is 0 Å². The molecule has 0 bridgehead atoms. The first kappa shape index (κ1) is 3.72. The highest BCUT2D eigenvalue weighted by atomic mass is 15.1. The lowest BCUT2D eigenvalue weighted by Crippen LogP contribution is -2.31. The van der Waals surface area contributed by atoms with E-state index >= 15 is 0 Å². The number of benzene rings is 1. The van der Waals surface area contributed by atoms with Gasteiger partial charge in [-0.05, 0) is 25.8 Å². The molecule has 1 aromatic carbocycles. The number of hydrogen-bond donors (Lipinski definition) is 0. The van der Waals surface area contributed by atoms with Crippen LogP contribution < -0.4 is 0 Å². The lowest BCUT2D eigenvalue weighted by atomic mass is 10.1. The molecule has 0 aromatic heterocycles. The van der Waals surface area contributed by atoms with Gasteiger partial charge in [0.1, 0.15) is 0 Å². The Balaban J connectivity index is 3.52. The Bertz CT molecular complexity index is 570. The molecule has 74 valence electrons. The van der Waals surface area contributed by atoms with E-state index in [9.17, 15) is 0 Å². The SMILES string of the molecule is [2H]C([2H])([2H])N(C([2H])([2H])C#C)[C@@]([2H])(Cc1ccccc1)C([2H])([2H])[2H]. The Labute approximate surface area is 99.4 Å². The molecule has 1 heteroatoms. The van der Waals surface area contributed by atoms with Crippen LogP contribution in [-0.4, -0.2) is 24.4 Å². The summed E-state index contributed by atoms with van der Waals surface area (Å²) in [5.74, 6) is 1.64. The monoisotopic (exact) mass is 196 g/mol. The third-order valence-electron chi connectivity index (χ3n) is 1.66. The van der Waals surface area contributed by atoms with Crippen molar-refractivity contribution < 1.29 is 12.3 Å². The number of hydrogen-bond acceptors (Lipinski definition) is 1. The number of terminal acetylenes is 1. The van der Waals surface area contributed by atoms with E-state index in [2.05, 4.69) is 0 Å². The van der Waals surface area contributed by atoms with Crippen molar-refractivity contribution in [1.29, 1.82) is 0 Å². The average molecular weight is 196 g/mol. The summed E-state index contributed by atoms with van der Waals surface area (Å²) in [6, 6.07) is 5.23. The molecule has 0 fully saturated rings. The minimum Gasteiger partial charge on any atom is -0.292 e. The largest absolute Gasteiger partial charge is 0.292 e. The quantitative estimate of drug-likeness (QED) is 0.667. The summed E-state index contributed by atoms with van der Waals surface area (Å²) in [7, 11) is 0. The van der Waals surface area contributed by atoms with Crippen molar-refractivity contribution in [3.8, 4) is 12.3 Å². The van der Waals surface area contributed by atoms with Gasteiger partial charge in [0.05, 0.1) is 9.24 Å². The zero-order valence-corrected chi connectivity index (χ0v) is 7.62. The predicted molar refractivity (Wildman–Crippen MR) is 61.1 cm³/mol. The molecule has 0 radical (unpaired) electrons. The molecule has 0 aliphatic rings. The summed E-state index contributed by atoms with van der Waals surface area (Å²) in [6.45, 7) is -9.25. The molecule has 14 heavy (non-hydrogen) atoms. The fraction of sp³-hybridized carbons (Fsp3) is 0.385. The molecular formula is C13H17N. The summed E-state index contributed by atoms with van der Waals surface area (Å²) in [5, 5.41) is 0. The Kier molecular flexibility index (Phi) is 1.45. The van der Waals surface area contributed by atoms with Crippen LogP contribution in [0.5, 0.6) is 0 Å². The topological polar surface area (TPSA) is 3.24 Å². The maximum atomic E-state index is 8.35. The maximum absolute atomic E-state index is 8.35. The van der Waals surface area contributed by atoms with Gasteiger partial charge in [-0.25, -0.2) is 0 Å². The van der Waals surface area contributed by atoms with Crippen LogP contribution in [-0.2, 0) is 6.42 Å². The van der Waals surface area contributed by atoms with E-state index in [1.807, 2.05) is 0 Å². The zero-order chi connectivity index (χ0) is 18.1. The third kappa shape index (κ3) is 3.24. The number of likely N-dealkylation sites (N-methyl/N-ethyl adjacent to an activating group) is 1. The van der Waals surface area contributed by atoms with Crippen LogP contribution in [0.3, 0.4) is 0 Å². The summed E-state index contributed by atoms with van der Waals surface area (Å²) in [5.41, 5.74) is 0.390. The standard InChI is InChI=1S/C13H17N/c1-4-10-14(3)12(2)11-13-8-6-5-7-9-13/h1,5-9,12H,10-11H2,2-3H3/t12-/m1/s1/i2D3,3D3,10D2,12D. The summed E-state index contributed by atoms with van der Waals surface area (Å²) >= 11 is 0. The second-order valence-electron chi connectivity index (χ2n) is 2.70. The molecule has 1 atom stereocenters. The van der Waals surface area contributed by atoms with Gasteiger partial charge in [0.25, 0.3) is 0 Å². The lowest BCUT2D eigenvalue weighted by molar-refractivity contribution is 0.287. The molecule has 0 aliphatic carbocycles. The van der Waals surface area contributed by atoms with Gasteiger partial charge in [0.15, 0.2) is 0 Å². The molecule has 0 heterocycles. The Hall–Kier alpha value is -1.26. The van der Waals surface area contributed by atoms with Crippen LogP contribution in [0.25, 0.3) is 0 Å². The van der Waals surface area contributed by atoms with Gasteiger partial charge in [0.2, 0.25) is 0 Å². The summed E-state index contributed by atoms with van der Waals surface area (Å²) in [4.78, 5) is -0.0208. The fourth-order valence-corrected chi connectivity index (χ4v) is 1.00. The summed E-state index contributed by atoms with van der Waals surface area (Å²) < 4.78 is 69.1. The van der Waals surface area contributed by atoms with Crippen molar-refractivity contribution in [3.63, 3.8) is 0 Å². The molecule has 0 aliphatic heterocycles. The fourth-order valence-electron chi connectivity index (χ4n) is 1.00. The van der Waals surface area contributed by atoms with Gasteiger partial charge in [-0.1, -0.05) is 36.3 Å². The van der Waals surface area contributed by atoms with Crippen LogP contribution in [0, 0.1) is 12.3 Å². The second-order valence-corrected chi connectivity index (χ2v) is 2.70. The molecule has 0 spiro atoms. The third-order valence-corrected chi connectivity index (χ3v) is 1.66. The number of rotatable bonds is 4. The Morgan fingerprint density at radius 1 is 1.64 bits per heavy atom. The Morgan fingerprint density at radius 3 is 3.00 bits per heavy atom. The minimum absolute atomic E-state index is 0.0208. The minimum atomic E-state index is -3.21. The van der Waals surface area contributed by atoms with E-state index in [0.29, 0.717) is 5.56 Å². The smallest absolute Gasteiger partial charge is 0.0598 e. The number of nitrogens with zero attached hydrogens (tertiary/aromatic N) is 1. The first-order chi connectivity index (χ1) is 10.3. The highest BCUT2D eigenvalue weighted by Gasteiger charge is 2.07. The van der Waals surface area contributed by atoms with Crippen molar-refractivity contribution >= 4 is 0 Å². The molecule has 0 saturated heterocycles. The van der Waals surface area contributed by atoms with Crippen molar-refractivity contribution in [1.82, 2.24) is 4.90 Å². The van der Waals surface area contributed by atoms with Gasteiger partial charge in [-0.15, -0.1) is 6.42 Å². The molecule has 1 nitrogen and oxygen atoms in total. The molecule has 1 aromatic rings. The van der Waals surface area contributed by atoms with Crippen LogP contribution in [0.1, 0.15) is 24.8 Å². The molecule has 0 saturated carbocycles. The van der Waals surface area contributed by atoms with Crippen molar-refractivity contribution in [2.24, 2.45) is 0 Å². The first-order valence-corrected chi connectivity index (χ1v) is 4.08. The van der Waals surface area contributed by atoms with Gasteiger partial charge < -0.3 is 0 Å². The van der Waals surface area contributed by atoms with Gasteiger partial charge in [-0.3, -0.25) is 4.90 Å². The predicted octanol–water partition coefficient (Wildman–Crippen LogP) is 2.18. The van der Waals surface area contributed by atoms with Crippen molar-refractivity contribution in [2.45, 2.75) is 19.3 Å². The average Bonchev–Trinajstić information content (AvgIpc) is 2.36. The van der Waals surface area contributed by atoms with Gasteiger partial charge >= 0.3 is 0 Å². The van der Waals surface area contributed by atoms with E-state index in [4.69, 9.17) is 18.8 Å². The van der Waals surface area contributed by atoms with E-state index in [-0.39, 0.29) is 4.90 Å². The molecule has 0 N–H and O–H groups in total. The van der Waals surface area contributed by atoms with Crippen LogP contribution >= 0.6 is 0 Å². The molecular weight excluding hydrogens is 170 g/mol. The molecule has 0 amide bonds. The lowest BCUT2D eigenvalue weighted by Gasteiger charge is -2.22. The molecule has 1 rings (SSSR count). The van der Waals surface area contributed by atoms with Crippen molar-refractivity contribution in [3.05, 3.63) is 35.9 Å². The van der Waals surface area contributed by atoms with Crippen molar-refractivity contribution in [2.75, 3.05) is 13.5 Å². The zero-order valence-electron chi connectivity index (χ0n) is 16.6. The maximum Gasteiger partial charge on any atom is 0.0598 e. The Morgan fingerprint density at radius 2 is 2.43 bits per heavy atom. The van der Waals surface area contributed by atoms with E-state index in [0.717, 1.165) is 0 Å². The van der Waals surface area contributed by atoms with Gasteiger partial charge in [0, 0.05) is 15.6 Å². The van der Waals surface area contributed by atoms with E-state index in [1.165, 1.54) is 12.1 Å². The van der Waals surface area contributed by atoms with Crippen LogP contribution in [0.15, 0.2) is 30.3 Å². The summed E-state index contributed by atoms with van der Waals surface area (Å²) in [6.07, 6.45) is 4.53.